The van der Waals surface area contributed by atoms with Crippen molar-refractivity contribution in [3.05, 3.63) is 53.1 Å². The van der Waals surface area contributed by atoms with Crippen molar-refractivity contribution in [2.75, 3.05) is 24.8 Å². The van der Waals surface area contributed by atoms with Gasteiger partial charge in [0.1, 0.15) is 0 Å². The molecule has 1 aromatic heterocycles. The van der Waals surface area contributed by atoms with Crippen molar-refractivity contribution in [2.24, 2.45) is 0 Å². The van der Waals surface area contributed by atoms with E-state index in [2.05, 4.69) is 20.4 Å². The number of rotatable bonds is 7. The predicted molar refractivity (Wildman–Crippen MR) is 128 cm³/mol. The number of fused-ring (bicyclic) bond motifs is 1. The molecule has 10 heteroatoms. The molecule has 2 aliphatic rings. The summed E-state index contributed by atoms with van der Waals surface area (Å²) in [6.07, 6.45) is 2.24. The third-order valence-electron chi connectivity index (χ3n) is 5.65. The number of halogens is 1. The summed E-state index contributed by atoms with van der Waals surface area (Å²) in [6, 6.07) is 13.3. The van der Waals surface area contributed by atoms with Crippen LogP contribution in [-0.4, -0.2) is 45.8 Å². The first-order chi connectivity index (χ1) is 16.1. The summed E-state index contributed by atoms with van der Waals surface area (Å²) in [5.74, 6) is 2.10. The average Bonchev–Trinajstić information content (AvgIpc) is 3.58. The lowest BCUT2D eigenvalue weighted by Crippen LogP contribution is -2.30. The summed E-state index contributed by atoms with van der Waals surface area (Å²) >= 11 is 7.88. The second kappa shape index (κ2) is 9.52. The number of hydrogen-bond acceptors (Lipinski definition) is 7. The van der Waals surface area contributed by atoms with Gasteiger partial charge in [0, 0.05) is 19.6 Å². The van der Waals surface area contributed by atoms with E-state index in [1.165, 1.54) is 11.8 Å². The van der Waals surface area contributed by atoms with Gasteiger partial charge < -0.3 is 19.7 Å². The Balaban J connectivity index is 1.32. The van der Waals surface area contributed by atoms with Crippen molar-refractivity contribution in [3.8, 4) is 17.2 Å². The maximum absolute atomic E-state index is 12.9. The van der Waals surface area contributed by atoms with Crippen LogP contribution in [0.5, 0.6) is 11.5 Å². The summed E-state index contributed by atoms with van der Waals surface area (Å²) in [5.41, 5.74) is 1.75. The molecule has 2 aliphatic heterocycles. The molecule has 1 amide bonds. The Bertz CT molecular complexity index is 1160. The Hall–Kier alpha value is -2.91. The average molecular weight is 486 g/mol. The second-order valence-corrected chi connectivity index (χ2v) is 9.64. The molecule has 0 unspecified atom stereocenters. The summed E-state index contributed by atoms with van der Waals surface area (Å²) in [6.45, 7) is 4.35. The van der Waals surface area contributed by atoms with Crippen LogP contribution in [0.15, 0.2) is 47.6 Å². The number of hydrogen-bond donors (Lipinski definition) is 1. The van der Waals surface area contributed by atoms with Crippen LogP contribution in [0.25, 0.3) is 5.69 Å². The van der Waals surface area contributed by atoms with E-state index >= 15 is 0 Å². The minimum absolute atomic E-state index is 0.0888. The Kier molecular flexibility index (Phi) is 6.32. The van der Waals surface area contributed by atoms with Crippen LogP contribution in [0.1, 0.15) is 25.3 Å². The molecular weight excluding hydrogens is 462 g/mol. The topological polar surface area (TPSA) is 81.5 Å². The van der Waals surface area contributed by atoms with Crippen molar-refractivity contribution < 1.29 is 14.3 Å². The van der Waals surface area contributed by atoms with Crippen LogP contribution in [0, 0.1) is 0 Å². The maximum atomic E-state index is 12.9. The van der Waals surface area contributed by atoms with Crippen molar-refractivity contribution in [1.82, 2.24) is 20.1 Å². The van der Waals surface area contributed by atoms with Gasteiger partial charge in [0.15, 0.2) is 16.7 Å². The highest BCUT2D eigenvalue weighted by molar-refractivity contribution is 8.00. The third kappa shape index (κ3) is 4.60. The summed E-state index contributed by atoms with van der Waals surface area (Å²) in [7, 11) is 0. The van der Waals surface area contributed by atoms with E-state index in [4.69, 9.17) is 21.1 Å². The minimum Gasteiger partial charge on any atom is -0.454 e. The molecule has 0 bridgehead atoms. The number of carbonyl (C=O) groups excluding carboxylic acids is 1. The van der Waals surface area contributed by atoms with Gasteiger partial charge in [0.05, 0.1) is 16.0 Å². The van der Waals surface area contributed by atoms with Crippen molar-refractivity contribution in [1.29, 1.82) is 0 Å². The molecule has 1 fully saturated rings. The van der Waals surface area contributed by atoms with Gasteiger partial charge in [-0.3, -0.25) is 9.36 Å². The molecule has 5 rings (SSSR count). The number of benzene rings is 2. The lowest BCUT2D eigenvalue weighted by Gasteiger charge is -2.19. The number of anilines is 1. The van der Waals surface area contributed by atoms with Gasteiger partial charge in [-0.15, -0.1) is 10.2 Å². The second-order valence-electron chi connectivity index (χ2n) is 7.93. The van der Waals surface area contributed by atoms with Gasteiger partial charge in [0.2, 0.25) is 18.6 Å². The fourth-order valence-electron chi connectivity index (χ4n) is 3.90. The zero-order valence-electron chi connectivity index (χ0n) is 18.2. The molecule has 1 atom stereocenters. The third-order valence-corrected chi connectivity index (χ3v) is 7.02. The molecule has 0 radical (unpaired) electrons. The van der Waals surface area contributed by atoms with E-state index < -0.39 is 0 Å². The van der Waals surface area contributed by atoms with E-state index in [0.717, 1.165) is 48.9 Å². The number of nitrogens with one attached hydrogen (secondary N) is 1. The van der Waals surface area contributed by atoms with Crippen LogP contribution in [0.2, 0.25) is 5.02 Å². The van der Waals surface area contributed by atoms with E-state index in [1.807, 2.05) is 54.0 Å². The Morgan fingerprint density at radius 3 is 2.76 bits per heavy atom. The molecule has 3 aromatic rings. The number of para-hydroxylation sites is 1. The van der Waals surface area contributed by atoms with E-state index in [-0.39, 0.29) is 18.0 Å². The molecule has 8 nitrogen and oxygen atoms in total. The van der Waals surface area contributed by atoms with Gasteiger partial charge in [0.25, 0.3) is 0 Å². The summed E-state index contributed by atoms with van der Waals surface area (Å²) in [4.78, 5) is 15.1. The zero-order valence-corrected chi connectivity index (χ0v) is 19.7. The summed E-state index contributed by atoms with van der Waals surface area (Å²) < 4.78 is 12.7. The molecular formula is C23H24ClN5O3S. The van der Waals surface area contributed by atoms with Gasteiger partial charge in [-0.1, -0.05) is 41.6 Å². The first kappa shape index (κ1) is 21.9. The largest absolute Gasteiger partial charge is 0.454 e. The first-order valence-corrected chi connectivity index (χ1v) is 12.1. The standard InChI is InChI=1S/C23H24ClN5O3S/c1-15(21(30)25-13-16-8-9-19-20(12-16)32-14-31-19)33-23-27-26-22(28-10-4-5-11-28)29(23)18-7-3-2-6-17(18)24/h2-3,6-9,12,15H,4-5,10-11,13-14H2,1H3,(H,25,30)/t15-/m0/s1. The zero-order chi connectivity index (χ0) is 22.8. The molecule has 0 aliphatic carbocycles. The van der Waals surface area contributed by atoms with Crippen LogP contribution in [0.3, 0.4) is 0 Å². The van der Waals surface area contributed by atoms with Crippen LogP contribution in [-0.2, 0) is 11.3 Å². The number of carbonyl (C=O) groups is 1. The molecule has 0 spiro atoms. The lowest BCUT2D eigenvalue weighted by molar-refractivity contribution is -0.120. The quantitative estimate of drug-likeness (QED) is 0.505. The molecule has 1 saturated heterocycles. The maximum Gasteiger partial charge on any atom is 0.233 e. The van der Waals surface area contributed by atoms with Gasteiger partial charge in [-0.25, -0.2) is 0 Å². The molecule has 3 heterocycles. The van der Waals surface area contributed by atoms with Crippen molar-refractivity contribution in [3.63, 3.8) is 0 Å². The number of nitrogens with zero attached hydrogens (tertiary/aromatic N) is 4. The molecule has 33 heavy (non-hydrogen) atoms. The van der Waals surface area contributed by atoms with Gasteiger partial charge in [-0.2, -0.15) is 0 Å². The van der Waals surface area contributed by atoms with Gasteiger partial charge >= 0.3 is 0 Å². The lowest BCUT2D eigenvalue weighted by atomic mass is 10.2. The van der Waals surface area contributed by atoms with Crippen LogP contribution in [0.4, 0.5) is 5.95 Å². The Morgan fingerprint density at radius 2 is 1.94 bits per heavy atom. The minimum atomic E-state index is -0.379. The first-order valence-electron chi connectivity index (χ1n) is 10.9. The van der Waals surface area contributed by atoms with Crippen LogP contribution < -0.4 is 19.7 Å². The van der Waals surface area contributed by atoms with E-state index in [9.17, 15) is 4.79 Å². The highest BCUT2D eigenvalue weighted by Gasteiger charge is 2.26. The molecule has 2 aromatic carbocycles. The predicted octanol–water partition coefficient (Wildman–Crippen LogP) is 4.05. The number of aromatic nitrogens is 3. The Labute approximate surface area is 201 Å². The Morgan fingerprint density at radius 1 is 1.15 bits per heavy atom. The molecule has 172 valence electrons. The molecule has 1 N–H and O–H groups in total. The fourth-order valence-corrected chi connectivity index (χ4v) is 5.00. The SMILES string of the molecule is C[C@H](Sc1nnc(N2CCCC2)n1-c1ccccc1Cl)C(=O)NCc1ccc2c(c1)OCO2. The van der Waals surface area contributed by atoms with E-state index in [1.54, 1.807) is 0 Å². The molecule has 0 saturated carbocycles. The number of amides is 1. The highest BCUT2D eigenvalue weighted by Crippen LogP contribution is 2.34. The number of ether oxygens (including phenoxy) is 2. The smallest absolute Gasteiger partial charge is 0.233 e. The van der Waals surface area contributed by atoms with Gasteiger partial charge in [-0.05, 0) is 49.6 Å². The van der Waals surface area contributed by atoms with Crippen molar-refractivity contribution >= 4 is 35.2 Å². The normalized spacial score (nSPS) is 15.6. The highest BCUT2D eigenvalue weighted by atomic mass is 35.5. The monoisotopic (exact) mass is 485 g/mol. The summed E-state index contributed by atoms with van der Waals surface area (Å²) in [5, 5.41) is 12.7. The van der Waals surface area contributed by atoms with Crippen molar-refractivity contribution in [2.45, 2.75) is 36.7 Å². The fraction of sp³-hybridized carbons (Fsp3) is 0.348. The van der Waals surface area contributed by atoms with E-state index in [0.29, 0.717) is 22.5 Å². The number of thioether (sulfide) groups is 1. The van der Waals surface area contributed by atoms with Crippen LogP contribution >= 0.6 is 23.4 Å².